The van der Waals surface area contributed by atoms with E-state index in [1.165, 1.54) is 10.4 Å². The third kappa shape index (κ3) is 3.42. The highest BCUT2D eigenvalue weighted by Gasteiger charge is 2.28. The van der Waals surface area contributed by atoms with Crippen LogP contribution in [0.15, 0.2) is 42.2 Å². The van der Waals surface area contributed by atoms with Crippen LogP contribution in [-0.4, -0.2) is 8.07 Å². The Labute approximate surface area is 159 Å². The van der Waals surface area contributed by atoms with Crippen LogP contribution in [0.1, 0.15) is 0 Å². The van der Waals surface area contributed by atoms with Crippen molar-refractivity contribution in [1.82, 2.24) is 0 Å². The Hall–Kier alpha value is 0.177. The molecule has 7 heteroatoms. The summed E-state index contributed by atoms with van der Waals surface area (Å²) in [6.45, 7) is 4.61. The summed E-state index contributed by atoms with van der Waals surface area (Å²) in [4.78, 5) is 0. The first-order valence-electron chi connectivity index (χ1n) is 6.14. The van der Waals surface area contributed by atoms with E-state index in [-0.39, 0.29) is 0 Å². The summed E-state index contributed by atoms with van der Waals surface area (Å²) < 4.78 is 3.67. The number of anilines is 2. The molecule has 0 atom stereocenters. The van der Waals surface area contributed by atoms with Crippen LogP contribution in [0, 0.1) is 0 Å². The molecule has 112 valence electrons. The zero-order valence-corrected chi connectivity index (χ0v) is 18.8. The molecule has 4 N–H and O–H groups in total. The van der Waals surface area contributed by atoms with Gasteiger partial charge < -0.3 is 11.5 Å². The Morgan fingerprint density at radius 1 is 0.667 bits per heavy atom. The Kier molecular flexibility index (Phi) is 5.30. The first-order chi connectivity index (χ1) is 9.64. The SMILES string of the molecule is C[Si](C)(c1cc(Br)c(N)c(Br)c1)c1cc(Br)c(N)c(Br)c1. The predicted molar refractivity (Wildman–Crippen MR) is 109 cm³/mol. The van der Waals surface area contributed by atoms with Crippen molar-refractivity contribution in [2.24, 2.45) is 0 Å². The molecule has 2 aromatic rings. The molecule has 2 aromatic carbocycles. The maximum absolute atomic E-state index is 5.99. The van der Waals surface area contributed by atoms with Crippen molar-refractivity contribution in [3.8, 4) is 0 Å². The number of hydrogen-bond donors (Lipinski definition) is 2. The molecule has 0 spiro atoms. The van der Waals surface area contributed by atoms with Gasteiger partial charge in [-0.15, -0.1) is 0 Å². The van der Waals surface area contributed by atoms with Crippen molar-refractivity contribution in [3.63, 3.8) is 0 Å². The van der Waals surface area contributed by atoms with Crippen molar-refractivity contribution >= 4 is 93.5 Å². The fraction of sp³-hybridized carbons (Fsp3) is 0.143. The van der Waals surface area contributed by atoms with Gasteiger partial charge in [0, 0.05) is 17.9 Å². The van der Waals surface area contributed by atoms with E-state index < -0.39 is 8.07 Å². The van der Waals surface area contributed by atoms with Crippen LogP contribution in [0.3, 0.4) is 0 Å². The van der Waals surface area contributed by atoms with Gasteiger partial charge in [0.15, 0.2) is 0 Å². The third-order valence-corrected chi connectivity index (χ3v) is 9.69. The number of rotatable bonds is 2. The molecule has 0 unspecified atom stereocenters. The smallest absolute Gasteiger partial charge is 0.112 e. The zero-order chi connectivity index (χ0) is 15.9. The molecule has 0 aromatic heterocycles. The summed E-state index contributed by atoms with van der Waals surface area (Å²) in [7, 11) is -1.86. The normalized spacial score (nSPS) is 11.7. The quantitative estimate of drug-likeness (QED) is 0.415. The molecular formula is C14H14Br4N2Si. The minimum atomic E-state index is -1.86. The minimum absolute atomic E-state index is 0.725. The van der Waals surface area contributed by atoms with E-state index in [1.807, 2.05) is 0 Å². The van der Waals surface area contributed by atoms with Gasteiger partial charge in [-0.05, 0) is 88.0 Å². The molecule has 2 rings (SSSR count). The molecule has 0 saturated heterocycles. The average Bonchev–Trinajstić information content (AvgIpc) is 2.40. The van der Waals surface area contributed by atoms with Gasteiger partial charge in [-0.3, -0.25) is 0 Å². The molecule has 0 saturated carbocycles. The Morgan fingerprint density at radius 3 is 1.14 bits per heavy atom. The van der Waals surface area contributed by atoms with Gasteiger partial charge in [0.2, 0.25) is 0 Å². The van der Waals surface area contributed by atoms with E-state index in [0.717, 1.165) is 29.3 Å². The first kappa shape index (κ1) is 17.5. The Balaban J connectivity index is 2.61. The van der Waals surface area contributed by atoms with Crippen LogP contribution >= 0.6 is 63.7 Å². The number of halogens is 4. The topological polar surface area (TPSA) is 52.0 Å². The van der Waals surface area contributed by atoms with Gasteiger partial charge in [-0.1, -0.05) is 23.5 Å². The number of benzene rings is 2. The maximum Gasteiger partial charge on any atom is 0.112 e. The Morgan fingerprint density at radius 2 is 0.905 bits per heavy atom. The fourth-order valence-electron chi connectivity index (χ4n) is 2.06. The molecule has 0 aliphatic rings. The number of nitrogens with two attached hydrogens (primary N) is 2. The van der Waals surface area contributed by atoms with Crippen molar-refractivity contribution < 1.29 is 0 Å². The lowest BCUT2D eigenvalue weighted by atomic mass is 10.3. The van der Waals surface area contributed by atoms with Crippen molar-refractivity contribution in [2.45, 2.75) is 13.1 Å². The molecular weight excluding hydrogens is 544 g/mol. The van der Waals surface area contributed by atoms with Gasteiger partial charge in [-0.2, -0.15) is 0 Å². The second-order valence-electron chi connectivity index (χ2n) is 5.33. The predicted octanol–water partition coefficient (Wildman–Crippen LogP) is 4.72. The molecule has 0 heterocycles. The van der Waals surface area contributed by atoms with Crippen molar-refractivity contribution in [3.05, 3.63) is 42.2 Å². The van der Waals surface area contributed by atoms with Gasteiger partial charge in [0.25, 0.3) is 0 Å². The first-order valence-corrected chi connectivity index (χ1v) is 12.3. The van der Waals surface area contributed by atoms with Gasteiger partial charge in [-0.25, -0.2) is 0 Å². The molecule has 0 fully saturated rings. The molecule has 2 nitrogen and oxygen atoms in total. The highest BCUT2D eigenvalue weighted by atomic mass is 79.9. The summed E-state index contributed by atoms with van der Waals surface area (Å²) in [5, 5.41) is 2.58. The standard InChI is InChI=1S/C14H14Br4N2Si/c1-21(2,7-3-9(15)13(19)10(16)4-7)8-5-11(17)14(20)12(18)6-8/h3-6H,19-20H2,1-2H3. The summed E-state index contributed by atoms with van der Waals surface area (Å²) in [5.74, 6) is 0. The number of nitrogen functional groups attached to an aromatic ring is 2. The number of hydrogen-bond acceptors (Lipinski definition) is 2. The van der Waals surface area contributed by atoms with Crippen molar-refractivity contribution in [2.75, 3.05) is 11.5 Å². The van der Waals surface area contributed by atoms with Crippen LogP contribution in [-0.2, 0) is 0 Å². The molecule has 0 amide bonds. The van der Waals surface area contributed by atoms with Crippen LogP contribution in [0.4, 0.5) is 11.4 Å². The van der Waals surface area contributed by atoms with Crippen molar-refractivity contribution in [1.29, 1.82) is 0 Å². The van der Waals surface area contributed by atoms with E-state index in [1.54, 1.807) is 0 Å². The lowest BCUT2D eigenvalue weighted by Crippen LogP contribution is -2.53. The molecule has 0 radical (unpaired) electrons. The average molecular weight is 558 g/mol. The van der Waals surface area contributed by atoms with Crippen LogP contribution in [0.5, 0.6) is 0 Å². The maximum atomic E-state index is 5.99. The highest BCUT2D eigenvalue weighted by molar-refractivity contribution is 9.11. The molecule has 21 heavy (non-hydrogen) atoms. The lowest BCUT2D eigenvalue weighted by molar-refractivity contribution is 1.57. The summed E-state index contributed by atoms with van der Waals surface area (Å²) in [6, 6.07) is 8.46. The lowest BCUT2D eigenvalue weighted by Gasteiger charge is -2.26. The van der Waals surface area contributed by atoms with Crippen LogP contribution in [0.2, 0.25) is 13.1 Å². The van der Waals surface area contributed by atoms with Crippen LogP contribution in [0.25, 0.3) is 0 Å². The van der Waals surface area contributed by atoms with Crippen LogP contribution < -0.4 is 21.8 Å². The van der Waals surface area contributed by atoms with Gasteiger partial charge in [0.05, 0.1) is 11.4 Å². The fourth-order valence-corrected chi connectivity index (χ4v) is 7.63. The van der Waals surface area contributed by atoms with E-state index >= 15 is 0 Å². The van der Waals surface area contributed by atoms with Gasteiger partial charge in [0.1, 0.15) is 8.07 Å². The zero-order valence-electron chi connectivity index (χ0n) is 11.5. The summed E-state index contributed by atoms with van der Waals surface area (Å²) in [5.41, 5.74) is 13.4. The molecule has 0 aliphatic carbocycles. The minimum Gasteiger partial charge on any atom is -0.397 e. The second-order valence-corrected chi connectivity index (χ2v) is 13.2. The monoisotopic (exact) mass is 554 g/mol. The second kappa shape index (κ2) is 6.35. The Bertz CT molecular complexity index is 611. The van der Waals surface area contributed by atoms with E-state index in [0.29, 0.717) is 0 Å². The molecule has 0 aliphatic heterocycles. The highest BCUT2D eigenvalue weighted by Crippen LogP contribution is 2.30. The van der Waals surface area contributed by atoms with E-state index in [4.69, 9.17) is 11.5 Å². The van der Waals surface area contributed by atoms with E-state index in [9.17, 15) is 0 Å². The summed E-state index contributed by atoms with van der Waals surface area (Å²) >= 11 is 14.1. The van der Waals surface area contributed by atoms with E-state index in [2.05, 4.69) is 101 Å². The third-order valence-electron chi connectivity index (χ3n) is 3.60. The molecule has 0 bridgehead atoms. The largest absolute Gasteiger partial charge is 0.397 e. The summed E-state index contributed by atoms with van der Waals surface area (Å²) in [6.07, 6.45) is 0. The van der Waals surface area contributed by atoms with Gasteiger partial charge >= 0.3 is 0 Å².